The molecule has 0 radical (unpaired) electrons. The van der Waals surface area contributed by atoms with Gasteiger partial charge >= 0.3 is 5.97 Å². The van der Waals surface area contributed by atoms with Gasteiger partial charge in [0.05, 0.1) is 6.10 Å². The van der Waals surface area contributed by atoms with Crippen LogP contribution < -0.4 is 0 Å². The highest BCUT2D eigenvalue weighted by Crippen LogP contribution is 2.29. The highest BCUT2D eigenvalue weighted by molar-refractivity contribution is 5.66. The molecular formula is C19H30O4. The van der Waals surface area contributed by atoms with Gasteiger partial charge in [-0.15, -0.1) is 0 Å². The van der Waals surface area contributed by atoms with Gasteiger partial charge in [0.1, 0.15) is 5.60 Å². The molecule has 0 saturated carbocycles. The van der Waals surface area contributed by atoms with Crippen molar-refractivity contribution in [3.63, 3.8) is 0 Å². The van der Waals surface area contributed by atoms with E-state index >= 15 is 0 Å². The second-order valence-electron chi connectivity index (χ2n) is 7.73. The van der Waals surface area contributed by atoms with Gasteiger partial charge in [-0.1, -0.05) is 51.1 Å². The summed E-state index contributed by atoms with van der Waals surface area (Å²) < 4.78 is 0. The third-order valence-corrected chi connectivity index (χ3v) is 3.62. The van der Waals surface area contributed by atoms with Crippen LogP contribution in [0.1, 0.15) is 65.9 Å². The zero-order chi connectivity index (χ0) is 17.5. The highest BCUT2D eigenvalue weighted by Gasteiger charge is 2.26. The predicted molar refractivity (Wildman–Crippen MR) is 91.0 cm³/mol. The van der Waals surface area contributed by atoms with Crippen LogP contribution in [0.4, 0.5) is 0 Å². The molecule has 1 N–H and O–H groups in total. The number of carboxylic acids is 1. The Morgan fingerprint density at radius 2 is 1.74 bits per heavy atom. The van der Waals surface area contributed by atoms with E-state index in [-0.39, 0.29) is 17.9 Å². The molecule has 0 amide bonds. The number of carboxylic acid groups (broad SMARTS) is 1. The number of rotatable bonds is 9. The van der Waals surface area contributed by atoms with Gasteiger partial charge in [-0.2, -0.15) is 0 Å². The quantitative estimate of drug-likeness (QED) is 0.517. The molecule has 1 aromatic carbocycles. The third kappa shape index (κ3) is 8.14. The van der Waals surface area contributed by atoms with Crippen molar-refractivity contribution in [2.24, 2.45) is 5.41 Å². The summed E-state index contributed by atoms with van der Waals surface area (Å²) in [6, 6.07) is 9.92. The topological polar surface area (TPSA) is 55.8 Å². The Morgan fingerprint density at radius 3 is 2.26 bits per heavy atom. The molecule has 0 fully saturated rings. The van der Waals surface area contributed by atoms with Crippen molar-refractivity contribution in [3.05, 3.63) is 35.9 Å². The number of aliphatic carboxylic acids is 1. The van der Waals surface area contributed by atoms with Gasteiger partial charge in [0.25, 0.3) is 0 Å². The second-order valence-corrected chi connectivity index (χ2v) is 7.73. The van der Waals surface area contributed by atoms with Crippen LogP contribution in [0.5, 0.6) is 0 Å². The third-order valence-electron chi connectivity index (χ3n) is 3.62. The Balaban J connectivity index is 2.63. The Morgan fingerprint density at radius 1 is 1.13 bits per heavy atom. The SMILES string of the molecule is CC(C)(C)CC(CCCC(=O)O)OOC(C)(C)c1ccccc1. The number of hydrogen-bond donors (Lipinski definition) is 1. The summed E-state index contributed by atoms with van der Waals surface area (Å²) in [5.74, 6) is -0.773. The fraction of sp³-hybridized carbons (Fsp3) is 0.632. The molecule has 0 aliphatic heterocycles. The Hall–Kier alpha value is -1.39. The number of carbonyl (C=O) groups is 1. The smallest absolute Gasteiger partial charge is 0.303 e. The standard InChI is InChI=1S/C19H30O4/c1-18(2,3)14-16(12-9-13-17(20)21)22-23-19(4,5)15-10-7-6-8-11-15/h6-8,10-11,16H,9,12-14H2,1-5H3,(H,20,21). The Kier molecular flexibility index (Phi) is 7.23. The molecule has 1 unspecified atom stereocenters. The predicted octanol–water partition coefficient (Wildman–Crippen LogP) is 4.93. The van der Waals surface area contributed by atoms with E-state index in [2.05, 4.69) is 20.8 Å². The second kappa shape index (κ2) is 8.46. The normalized spacial score (nSPS) is 13.8. The van der Waals surface area contributed by atoms with Crippen molar-refractivity contribution in [3.8, 4) is 0 Å². The molecule has 4 nitrogen and oxygen atoms in total. The molecule has 1 atom stereocenters. The maximum atomic E-state index is 10.7. The zero-order valence-electron chi connectivity index (χ0n) is 15.0. The van der Waals surface area contributed by atoms with Crippen LogP contribution in [0.2, 0.25) is 0 Å². The molecule has 0 heterocycles. The van der Waals surface area contributed by atoms with Crippen LogP contribution in [0.3, 0.4) is 0 Å². The minimum Gasteiger partial charge on any atom is -0.481 e. The summed E-state index contributed by atoms with van der Waals surface area (Å²) in [5.41, 5.74) is 0.582. The van der Waals surface area contributed by atoms with Crippen LogP contribution >= 0.6 is 0 Å². The summed E-state index contributed by atoms with van der Waals surface area (Å²) in [7, 11) is 0. The Labute approximate surface area is 139 Å². The van der Waals surface area contributed by atoms with Crippen molar-refractivity contribution >= 4 is 5.97 Å². The minimum atomic E-state index is -0.773. The van der Waals surface area contributed by atoms with Gasteiger partial charge in [-0.05, 0) is 44.1 Å². The molecule has 0 bridgehead atoms. The van der Waals surface area contributed by atoms with E-state index in [1.54, 1.807) is 0 Å². The van der Waals surface area contributed by atoms with Gasteiger partial charge < -0.3 is 5.11 Å². The van der Waals surface area contributed by atoms with E-state index in [0.717, 1.165) is 12.0 Å². The lowest BCUT2D eigenvalue weighted by Crippen LogP contribution is -2.28. The first-order valence-electron chi connectivity index (χ1n) is 8.22. The molecule has 0 aliphatic rings. The fourth-order valence-electron chi connectivity index (χ4n) is 2.42. The molecule has 23 heavy (non-hydrogen) atoms. The summed E-state index contributed by atoms with van der Waals surface area (Å²) in [4.78, 5) is 22.2. The maximum Gasteiger partial charge on any atom is 0.303 e. The van der Waals surface area contributed by atoms with Gasteiger partial charge in [0, 0.05) is 6.42 Å². The van der Waals surface area contributed by atoms with Crippen LogP contribution in [-0.4, -0.2) is 17.2 Å². The van der Waals surface area contributed by atoms with E-state index in [0.29, 0.717) is 12.8 Å². The highest BCUT2D eigenvalue weighted by atomic mass is 17.2. The molecule has 0 aromatic heterocycles. The van der Waals surface area contributed by atoms with Crippen LogP contribution in [0.25, 0.3) is 0 Å². The van der Waals surface area contributed by atoms with E-state index in [1.807, 2.05) is 44.2 Å². The average Bonchev–Trinajstić information content (AvgIpc) is 2.44. The van der Waals surface area contributed by atoms with E-state index in [9.17, 15) is 4.79 Å². The minimum absolute atomic E-state index is 0.0914. The van der Waals surface area contributed by atoms with Crippen molar-refractivity contribution < 1.29 is 19.7 Å². The molecule has 4 heteroatoms. The van der Waals surface area contributed by atoms with Crippen molar-refractivity contribution in [1.29, 1.82) is 0 Å². The summed E-state index contributed by atoms with van der Waals surface area (Å²) in [5, 5.41) is 8.79. The molecule has 0 spiro atoms. The van der Waals surface area contributed by atoms with E-state index in [1.165, 1.54) is 0 Å². The summed E-state index contributed by atoms with van der Waals surface area (Å²) in [6.07, 6.45) is 2.13. The first-order valence-corrected chi connectivity index (χ1v) is 8.22. The summed E-state index contributed by atoms with van der Waals surface area (Å²) >= 11 is 0. The first-order chi connectivity index (χ1) is 10.6. The van der Waals surface area contributed by atoms with Crippen LogP contribution in [-0.2, 0) is 20.2 Å². The van der Waals surface area contributed by atoms with E-state index < -0.39 is 11.6 Å². The van der Waals surface area contributed by atoms with Crippen molar-refractivity contribution in [2.45, 2.75) is 72.0 Å². The number of benzene rings is 1. The van der Waals surface area contributed by atoms with Gasteiger partial charge in [0.2, 0.25) is 0 Å². The van der Waals surface area contributed by atoms with Crippen molar-refractivity contribution in [1.82, 2.24) is 0 Å². The average molecular weight is 322 g/mol. The summed E-state index contributed by atoms with van der Waals surface area (Å²) in [6.45, 7) is 10.4. The van der Waals surface area contributed by atoms with Crippen LogP contribution in [0.15, 0.2) is 30.3 Å². The lowest BCUT2D eigenvalue weighted by Gasteiger charge is -2.30. The lowest BCUT2D eigenvalue weighted by atomic mass is 9.87. The lowest BCUT2D eigenvalue weighted by molar-refractivity contribution is -0.385. The molecule has 1 aromatic rings. The van der Waals surface area contributed by atoms with Crippen LogP contribution in [0, 0.1) is 5.41 Å². The van der Waals surface area contributed by atoms with Crippen molar-refractivity contribution in [2.75, 3.05) is 0 Å². The molecule has 0 aliphatic carbocycles. The Bertz CT molecular complexity index is 474. The van der Waals surface area contributed by atoms with Gasteiger partial charge in [0.15, 0.2) is 0 Å². The molecule has 130 valence electrons. The largest absolute Gasteiger partial charge is 0.481 e. The van der Waals surface area contributed by atoms with Gasteiger partial charge in [-0.25, -0.2) is 9.78 Å². The monoisotopic (exact) mass is 322 g/mol. The maximum absolute atomic E-state index is 10.7. The molecule has 0 saturated heterocycles. The van der Waals surface area contributed by atoms with E-state index in [4.69, 9.17) is 14.9 Å². The zero-order valence-corrected chi connectivity index (χ0v) is 15.0. The van der Waals surface area contributed by atoms with Gasteiger partial charge in [-0.3, -0.25) is 4.79 Å². The fourth-order valence-corrected chi connectivity index (χ4v) is 2.42. The molecule has 1 rings (SSSR count). The molecular weight excluding hydrogens is 292 g/mol. The number of hydrogen-bond acceptors (Lipinski definition) is 3. The first kappa shape index (κ1) is 19.7.